The third-order valence-corrected chi connectivity index (χ3v) is 14.3. The molecule has 0 aliphatic carbocycles. The van der Waals surface area contributed by atoms with E-state index in [1.165, 1.54) is 132 Å². The van der Waals surface area contributed by atoms with E-state index in [0.717, 1.165) is 24.2 Å². The van der Waals surface area contributed by atoms with Crippen molar-refractivity contribution in [2.75, 3.05) is 33.8 Å². The first-order chi connectivity index (χ1) is 35.3. The number of nitrogens with zero attached hydrogens (tertiary/aromatic N) is 3. The number of hydrogen-bond donors (Lipinski definition) is 7. The van der Waals surface area contributed by atoms with Gasteiger partial charge in [0.15, 0.2) is 11.6 Å². The number of carbonyl (C=O) groups excluding carboxylic acids is 8. The Morgan fingerprint density at radius 2 is 1.38 bits per heavy atom. The Hall–Kier alpha value is -6.37. The van der Waals surface area contributed by atoms with Crippen LogP contribution >= 0.6 is 0 Å². The minimum absolute atomic E-state index is 0.0766. The van der Waals surface area contributed by atoms with Gasteiger partial charge in [-0.3, -0.25) is 38.4 Å². The molecule has 2 aromatic carbocycles. The molecule has 0 spiro atoms. The molecule has 2 heterocycles. The van der Waals surface area contributed by atoms with Crippen molar-refractivity contribution in [1.29, 1.82) is 0 Å². The SMILES string of the molecule is CCCCCCCCCCCCCCCC(=O)N(C)[C@H](CO)C(=O)N[C@H](C)C(=O)CCC(=O)N(C)[C@@H]1C(=O)C[C@@H](C)C(=O)N[C@H](C(=O)NCC(=O)N2CCC[C@H]2C(=O)O)Cc2ccc(O)c(c2)-c2cc1ccc2O. The van der Waals surface area contributed by atoms with E-state index in [9.17, 15) is 63.6 Å². The number of unbranched alkanes of at least 4 members (excludes halogenated alkanes) is 12. The van der Waals surface area contributed by atoms with Gasteiger partial charge < -0.3 is 51.1 Å². The molecule has 19 heteroatoms. The summed E-state index contributed by atoms with van der Waals surface area (Å²) in [5.74, 6) is -7.76. The summed E-state index contributed by atoms with van der Waals surface area (Å²) in [7, 11) is 2.78. The molecule has 2 aliphatic rings. The highest BCUT2D eigenvalue weighted by molar-refractivity contribution is 5.97. The molecule has 6 amide bonds. The number of hydrogen-bond acceptors (Lipinski definition) is 12. The number of likely N-dealkylation sites (N-methyl/N-ethyl adjacent to an activating group) is 2. The van der Waals surface area contributed by atoms with Crippen molar-refractivity contribution < 1.29 is 63.6 Å². The highest BCUT2D eigenvalue weighted by Gasteiger charge is 2.36. The second kappa shape index (κ2) is 30.1. The normalized spacial score (nSPS) is 18.6. The predicted molar refractivity (Wildman–Crippen MR) is 276 cm³/mol. The first kappa shape index (κ1) is 60.2. The number of nitrogens with one attached hydrogen (secondary N) is 3. The third kappa shape index (κ3) is 17.6. The smallest absolute Gasteiger partial charge is 0.326 e. The van der Waals surface area contributed by atoms with Crippen LogP contribution in [0.4, 0.5) is 0 Å². The molecule has 2 aromatic rings. The van der Waals surface area contributed by atoms with Gasteiger partial charge in [-0.1, -0.05) is 103 Å². The summed E-state index contributed by atoms with van der Waals surface area (Å²) in [6, 6.07) is 2.39. The number of Topliss-reactive ketones (excluding diaryl/α,β-unsaturated/α-hetero) is 2. The van der Waals surface area contributed by atoms with Crippen molar-refractivity contribution in [1.82, 2.24) is 30.7 Å². The van der Waals surface area contributed by atoms with E-state index in [2.05, 4.69) is 22.9 Å². The monoisotopic (exact) mass is 1030 g/mol. The lowest BCUT2D eigenvalue weighted by atomic mass is 9.89. The van der Waals surface area contributed by atoms with Gasteiger partial charge in [-0.25, -0.2) is 4.79 Å². The van der Waals surface area contributed by atoms with Gasteiger partial charge in [0.25, 0.3) is 0 Å². The van der Waals surface area contributed by atoms with E-state index in [0.29, 0.717) is 18.4 Å². The van der Waals surface area contributed by atoms with Crippen LogP contribution in [0.2, 0.25) is 0 Å². The number of carbonyl (C=O) groups is 9. The summed E-state index contributed by atoms with van der Waals surface area (Å²) in [4.78, 5) is 124. The average molecular weight is 1030 g/mol. The standard InChI is InChI=1S/C55H80N6O13/c1-6-7-8-9-10-11-12-13-14-15-16-17-18-21-48(67)59(4)43(34-62)54(72)57-36(3)44(63)26-27-49(68)60(5)51-38-23-25-46(65)40(32-38)39-30-37(22-24-45(39)64)31-41(58-52(70)35(2)29-47(51)66)53(71)56-33-50(69)61-28-19-20-42(61)55(73)74/h22-25,30,32,35-36,41-43,51,62,64-65H,6-21,26-29,31,33-34H2,1-5H3,(H,56,71)(H,57,72)(H,58,70)(H,73,74)/t35-,36-,41+,42+,43-,51+/m1/s1. The van der Waals surface area contributed by atoms with Crippen LogP contribution in [-0.4, -0.2) is 146 Å². The van der Waals surface area contributed by atoms with Gasteiger partial charge in [-0.2, -0.15) is 0 Å². The van der Waals surface area contributed by atoms with Crippen molar-refractivity contribution in [3.05, 3.63) is 47.5 Å². The van der Waals surface area contributed by atoms with Crippen LogP contribution in [0.5, 0.6) is 11.5 Å². The number of phenols is 2. The van der Waals surface area contributed by atoms with Crippen molar-refractivity contribution in [2.24, 2.45) is 5.92 Å². The van der Waals surface area contributed by atoms with Crippen molar-refractivity contribution >= 4 is 53.0 Å². The van der Waals surface area contributed by atoms with Gasteiger partial charge in [0.05, 0.1) is 19.2 Å². The van der Waals surface area contributed by atoms with E-state index in [1.54, 1.807) is 0 Å². The number of ketones is 2. The molecule has 408 valence electrons. The number of likely N-dealkylation sites (tertiary alicyclic amines) is 1. The fraction of sp³-hybridized carbons (Fsp3) is 0.618. The van der Waals surface area contributed by atoms with Crippen LogP contribution < -0.4 is 16.0 Å². The lowest BCUT2D eigenvalue weighted by Crippen LogP contribution is -2.53. The molecule has 7 N–H and O–H groups in total. The molecular formula is C55H80N6O13. The Bertz CT molecular complexity index is 2290. The van der Waals surface area contributed by atoms with Gasteiger partial charge in [0.2, 0.25) is 35.4 Å². The molecule has 0 saturated carbocycles. The van der Waals surface area contributed by atoms with Crippen LogP contribution in [0.15, 0.2) is 36.4 Å². The zero-order chi connectivity index (χ0) is 54.5. The number of aliphatic carboxylic acids is 1. The Balaban J connectivity index is 1.38. The Labute approximate surface area is 435 Å². The maximum atomic E-state index is 14.3. The maximum Gasteiger partial charge on any atom is 0.326 e. The minimum atomic E-state index is -1.37. The number of phenolic OH excluding ortho intramolecular Hbond substituents is 2. The summed E-state index contributed by atoms with van der Waals surface area (Å²) in [5, 5.41) is 49.5. The fourth-order valence-electron chi connectivity index (χ4n) is 9.65. The number of rotatable bonds is 27. The molecule has 4 rings (SSSR count). The zero-order valence-corrected chi connectivity index (χ0v) is 44.0. The summed E-state index contributed by atoms with van der Waals surface area (Å²) < 4.78 is 0. The molecule has 1 saturated heterocycles. The molecule has 0 unspecified atom stereocenters. The summed E-state index contributed by atoms with van der Waals surface area (Å²) >= 11 is 0. The molecule has 6 atom stereocenters. The summed E-state index contributed by atoms with van der Waals surface area (Å²) in [5.41, 5.74) is 0.810. The summed E-state index contributed by atoms with van der Waals surface area (Å²) in [6.45, 7) is 4.08. The Kier molecular flexibility index (Phi) is 24.5. The van der Waals surface area contributed by atoms with Gasteiger partial charge >= 0.3 is 5.97 Å². The van der Waals surface area contributed by atoms with Crippen LogP contribution in [0.1, 0.15) is 160 Å². The third-order valence-electron chi connectivity index (χ3n) is 14.3. The lowest BCUT2D eigenvalue weighted by molar-refractivity contribution is -0.148. The van der Waals surface area contributed by atoms with Crippen LogP contribution in [-0.2, 0) is 49.6 Å². The van der Waals surface area contributed by atoms with Gasteiger partial charge in [-0.15, -0.1) is 0 Å². The number of carboxylic acids is 1. The first-order valence-electron chi connectivity index (χ1n) is 26.5. The topological polar surface area (TPSA) is 280 Å². The molecule has 2 aliphatic heterocycles. The molecule has 0 radical (unpaired) electrons. The number of aliphatic hydroxyl groups is 1. The van der Waals surface area contributed by atoms with Gasteiger partial charge in [0, 0.05) is 69.8 Å². The van der Waals surface area contributed by atoms with E-state index in [4.69, 9.17) is 0 Å². The van der Waals surface area contributed by atoms with Gasteiger partial charge in [-0.05, 0) is 61.6 Å². The lowest BCUT2D eigenvalue weighted by Gasteiger charge is -2.30. The van der Waals surface area contributed by atoms with Crippen molar-refractivity contribution in [3.8, 4) is 22.6 Å². The van der Waals surface area contributed by atoms with Crippen LogP contribution in [0.25, 0.3) is 11.1 Å². The fourth-order valence-corrected chi connectivity index (χ4v) is 9.65. The molecule has 4 bridgehead atoms. The molecule has 0 aromatic heterocycles. The predicted octanol–water partition coefficient (Wildman–Crippen LogP) is 5.25. The minimum Gasteiger partial charge on any atom is -0.507 e. The molecule has 74 heavy (non-hydrogen) atoms. The van der Waals surface area contributed by atoms with E-state index < -0.39 is 109 Å². The first-order valence-corrected chi connectivity index (χ1v) is 26.5. The number of aromatic hydroxyl groups is 2. The largest absolute Gasteiger partial charge is 0.507 e. The number of carboxylic acid groups (broad SMARTS) is 1. The second-order valence-electron chi connectivity index (χ2n) is 20.1. The quantitative estimate of drug-likeness (QED) is 0.0564. The van der Waals surface area contributed by atoms with Crippen LogP contribution in [0.3, 0.4) is 0 Å². The highest BCUT2D eigenvalue weighted by atomic mass is 16.4. The average Bonchev–Trinajstić information content (AvgIpc) is 3.88. The summed E-state index contributed by atoms with van der Waals surface area (Å²) in [6.07, 6.45) is 14.7. The second-order valence-corrected chi connectivity index (χ2v) is 20.1. The van der Waals surface area contributed by atoms with Crippen LogP contribution in [0, 0.1) is 5.92 Å². The van der Waals surface area contributed by atoms with Crippen molar-refractivity contribution in [2.45, 2.75) is 179 Å². The van der Waals surface area contributed by atoms with Gasteiger partial charge in [0.1, 0.15) is 35.7 Å². The number of benzene rings is 2. The maximum absolute atomic E-state index is 14.3. The highest BCUT2D eigenvalue weighted by Crippen LogP contribution is 2.39. The van der Waals surface area contributed by atoms with E-state index in [1.807, 2.05) is 0 Å². The van der Waals surface area contributed by atoms with E-state index >= 15 is 0 Å². The number of aliphatic hydroxyl groups excluding tert-OH is 1. The molecular weight excluding hydrogens is 953 g/mol. The van der Waals surface area contributed by atoms with E-state index in [-0.39, 0.29) is 66.3 Å². The Morgan fingerprint density at radius 3 is 1.99 bits per heavy atom. The number of fused-ring (bicyclic) bond motifs is 5. The number of amides is 6. The van der Waals surface area contributed by atoms with Crippen molar-refractivity contribution in [3.63, 3.8) is 0 Å². The molecule has 19 nitrogen and oxygen atoms in total. The Morgan fingerprint density at radius 1 is 0.784 bits per heavy atom. The molecule has 1 fully saturated rings. The zero-order valence-electron chi connectivity index (χ0n) is 44.0.